The lowest BCUT2D eigenvalue weighted by Gasteiger charge is -2.37. The second-order valence-electron chi connectivity index (χ2n) is 10.5. The summed E-state index contributed by atoms with van der Waals surface area (Å²) in [6.07, 6.45) is 11.1. The Labute approximate surface area is 200 Å². The first-order chi connectivity index (χ1) is 16.0. The number of ketones is 1. The normalized spacial score (nSPS) is 29.3. The van der Waals surface area contributed by atoms with Crippen molar-refractivity contribution in [2.75, 3.05) is 13.2 Å². The Kier molecular flexibility index (Phi) is 6.89. The predicted octanol–water partition coefficient (Wildman–Crippen LogP) is 5.44. The molecule has 2 saturated carbocycles. The van der Waals surface area contributed by atoms with E-state index in [1.54, 1.807) is 18.3 Å². The summed E-state index contributed by atoms with van der Waals surface area (Å²) in [4.78, 5) is 26.7. The van der Waals surface area contributed by atoms with E-state index < -0.39 is 0 Å². The SMILES string of the molecule is CC(=O)C1CCC(C2CCC(NC(=O)c3cc4c(C)nn(C5CCOCC5)c4s3)CC2)CC1. The number of carbonyl (C=O) groups excluding carboxylic acids is 2. The molecule has 0 aromatic carbocycles. The van der Waals surface area contributed by atoms with Crippen LogP contribution in [-0.4, -0.2) is 40.7 Å². The molecule has 1 aliphatic heterocycles. The van der Waals surface area contributed by atoms with Crippen molar-refractivity contribution in [3.05, 3.63) is 16.6 Å². The van der Waals surface area contributed by atoms with Crippen molar-refractivity contribution in [3.8, 4) is 0 Å². The zero-order valence-electron chi connectivity index (χ0n) is 20.0. The van der Waals surface area contributed by atoms with E-state index in [2.05, 4.69) is 10.00 Å². The summed E-state index contributed by atoms with van der Waals surface area (Å²) >= 11 is 1.58. The number of aromatic nitrogens is 2. The van der Waals surface area contributed by atoms with E-state index >= 15 is 0 Å². The smallest absolute Gasteiger partial charge is 0.261 e. The standard InChI is InChI=1S/C26H37N3O3S/c1-16-23-15-24(33-26(23)29(28-16)22-11-13-32-14-12-22)25(31)27-21-9-7-20(8-10-21)19-5-3-18(4-6-19)17(2)30/h15,18-22H,3-14H2,1-2H3,(H,27,31). The monoisotopic (exact) mass is 471 g/mol. The van der Waals surface area contributed by atoms with Crippen LogP contribution in [0.1, 0.15) is 92.5 Å². The summed E-state index contributed by atoms with van der Waals surface area (Å²) in [6, 6.07) is 2.68. The maximum atomic E-state index is 13.1. The van der Waals surface area contributed by atoms with Crippen molar-refractivity contribution in [2.45, 2.75) is 90.1 Å². The number of amides is 1. The van der Waals surface area contributed by atoms with Gasteiger partial charge >= 0.3 is 0 Å². The van der Waals surface area contributed by atoms with E-state index in [1.165, 1.54) is 25.7 Å². The minimum Gasteiger partial charge on any atom is -0.381 e. The van der Waals surface area contributed by atoms with Gasteiger partial charge in [0.15, 0.2) is 0 Å². The fourth-order valence-corrected chi connectivity index (χ4v) is 7.49. The maximum absolute atomic E-state index is 13.1. The third kappa shape index (κ3) is 4.90. The molecule has 0 unspecified atom stereocenters. The Bertz CT molecular complexity index is 990. The van der Waals surface area contributed by atoms with Crippen molar-refractivity contribution in [3.63, 3.8) is 0 Å². The van der Waals surface area contributed by atoms with Gasteiger partial charge in [0.25, 0.3) is 5.91 Å². The molecular weight excluding hydrogens is 434 g/mol. The van der Waals surface area contributed by atoms with Crippen molar-refractivity contribution in [1.29, 1.82) is 0 Å². The van der Waals surface area contributed by atoms with Crippen LogP contribution in [0.15, 0.2) is 6.07 Å². The zero-order chi connectivity index (χ0) is 22.9. The summed E-state index contributed by atoms with van der Waals surface area (Å²) in [6.45, 7) is 5.35. The number of rotatable bonds is 5. The molecule has 5 rings (SSSR count). The number of hydrogen-bond acceptors (Lipinski definition) is 5. The van der Waals surface area contributed by atoms with Gasteiger partial charge < -0.3 is 10.1 Å². The van der Waals surface area contributed by atoms with Gasteiger partial charge in [-0.15, -0.1) is 11.3 Å². The summed E-state index contributed by atoms with van der Waals surface area (Å²) in [5, 5.41) is 9.22. The van der Waals surface area contributed by atoms with Gasteiger partial charge in [-0.1, -0.05) is 0 Å². The van der Waals surface area contributed by atoms with Gasteiger partial charge in [-0.05, 0) is 96.0 Å². The number of carbonyl (C=O) groups is 2. The van der Waals surface area contributed by atoms with Gasteiger partial charge in [0.2, 0.25) is 0 Å². The highest BCUT2D eigenvalue weighted by atomic mass is 32.1. The lowest BCUT2D eigenvalue weighted by atomic mass is 9.70. The predicted molar refractivity (Wildman–Crippen MR) is 131 cm³/mol. The van der Waals surface area contributed by atoms with Crippen molar-refractivity contribution >= 4 is 33.2 Å². The zero-order valence-corrected chi connectivity index (χ0v) is 20.8. The average Bonchev–Trinajstić information content (AvgIpc) is 3.41. The summed E-state index contributed by atoms with van der Waals surface area (Å²) in [5.41, 5.74) is 1.01. The van der Waals surface area contributed by atoms with Crippen LogP contribution in [0, 0.1) is 24.7 Å². The molecule has 2 aromatic rings. The lowest BCUT2D eigenvalue weighted by molar-refractivity contribution is -0.122. The highest BCUT2D eigenvalue weighted by Crippen LogP contribution is 2.40. The second kappa shape index (κ2) is 9.87. The van der Waals surface area contributed by atoms with Crippen molar-refractivity contribution in [2.24, 2.45) is 17.8 Å². The van der Waals surface area contributed by atoms with Crippen LogP contribution >= 0.6 is 11.3 Å². The molecule has 0 bridgehead atoms. The molecule has 1 N–H and O–H groups in total. The van der Waals surface area contributed by atoms with Gasteiger partial charge in [-0.25, -0.2) is 0 Å². The van der Waals surface area contributed by atoms with Crippen LogP contribution in [0.5, 0.6) is 0 Å². The Morgan fingerprint density at radius 1 is 1.00 bits per heavy atom. The molecule has 2 aromatic heterocycles. The number of hydrogen-bond donors (Lipinski definition) is 1. The Hall–Kier alpha value is -1.73. The number of nitrogens with zero attached hydrogens (tertiary/aromatic N) is 2. The van der Waals surface area contributed by atoms with Crippen LogP contribution < -0.4 is 5.32 Å². The minimum absolute atomic E-state index is 0.0690. The Morgan fingerprint density at radius 3 is 2.27 bits per heavy atom. The first kappa shape index (κ1) is 23.0. The number of ether oxygens (including phenoxy) is 1. The fourth-order valence-electron chi connectivity index (χ4n) is 6.35. The van der Waals surface area contributed by atoms with E-state index in [1.807, 2.05) is 13.0 Å². The van der Waals surface area contributed by atoms with E-state index in [0.717, 1.165) is 84.4 Å². The second-order valence-corrected chi connectivity index (χ2v) is 11.5. The van der Waals surface area contributed by atoms with E-state index in [-0.39, 0.29) is 11.9 Å². The average molecular weight is 472 g/mol. The molecule has 3 aliphatic rings. The van der Waals surface area contributed by atoms with Gasteiger partial charge in [0.1, 0.15) is 10.6 Å². The quantitative estimate of drug-likeness (QED) is 0.630. The number of Topliss-reactive ketones (excluding diaryl/α,β-unsaturated/α-hetero) is 1. The third-order valence-corrected chi connectivity index (χ3v) is 9.57. The molecule has 1 saturated heterocycles. The molecular formula is C26H37N3O3S. The van der Waals surface area contributed by atoms with Crippen LogP contribution in [0.3, 0.4) is 0 Å². The summed E-state index contributed by atoms with van der Waals surface area (Å²) in [5.74, 6) is 2.29. The largest absolute Gasteiger partial charge is 0.381 e. The maximum Gasteiger partial charge on any atom is 0.261 e. The molecule has 6 nitrogen and oxygen atoms in total. The molecule has 2 aliphatic carbocycles. The first-order valence-electron chi connectivity index (χ1n) is 12.9. The van der Waals surface area contributed by atoms with Crippen LogP contribution in [0.2, 0.25) is 0 Å². The van der Waals surface area contributed by atoms with Crippen molar-refractivity contribution < 1.29 is 14.3 Å². The minimum atomic E-state index is 0.0690. The van der Waals surface area contributed by atoms with Gasteiger partial charge in [0, 0.05) is 30.6 Å². The number of thiophene rings is 1. The molecule has 3 heterocycles. The van der Waals surface area contributed by atoms with Gasteiger partial charge in [0.05, 0.1) is 16.6 Å². The molecule has 7 heteroatoms. The molecule has 1 amide bonds. The highest BCUT2D eigenvalue weighted by molar-refractivity contribution is 7.20. The van der Waals surface area contributed by atoms with Crippen LogP contribution in [0.25, 0.3) is 10.2 Å². The Balaban J connectivity index is 1.17. The number of fused-ring (bicyclic) bond motifs is 1. The molecule has 180 valence electrons. The summed E-state index contributed by atoms with van der Waals surface area (Å²) < 4.78 is 7.65. The number of nitrogens with one attached hydrogen (secondary N) is 1. The fraction of sp³-hybridized carbons (Fsp3) is 0.731. The van der Waals surface area contributed by atoms with Crippen LogP contribution in [0.4, 0.5) is 0 Å². The molecule has 0 atom stereocenters. The van der Waals surface area contributed by atoms with Crippen LogP contribution in [-0.2, 0) is 9.53 Å². The van der Waals surface area contributed by atoms with E-state index in [0.29, 0.717) is 17.7 Å². The molecule has 0 spiro atoms. The first-order valence-corrected chi connectivity index (χ1v) is 13.7. The molecule has 3 fully saturated rings. The molecule has 0 radical (unpaired) electrons. The molecule has 33 heavy (non-hydrogen) atoms. The van der Waals surface area contributed by atoms with E-state index in [9.17, 15) is 9.59 Å². The lowest BCUT2D eigenvalue weighted by Crippen LogP contribution is -2.38. The Morgan fingerprint density at radius 2 is 1.64 bits per heavy atom. The van der Waals surface area contributed by atoms with E-state index in [4.69, 9.17) is 9.84 Å². The van der Waals surface area contributed by atoms with Crippen molar-refractivity contribution in [1.82, 2.24) is 15.1 Å². The van der Waals surface area contributed by atoms with Gasteiger partial charge in [-0.2, -0.15) is 5.10 Å². The van der Waals surface area contributed by atoms with Gasteiger partial charge in [-0.3, -0.25) is 14.3 Å². The number of aryl methyl sites for hydroxylation is 1. The third-order valence-electron chi connectivity index (χ3n) is 8.45. The summed E-state index contributed by atoms with van der Waals surface area (Å²) in [7, 11) is 0. The topological polar surface area (TPSA) is 73.2 Å². The highest BCUT2D eigenvalue weighted by Gasteiger charge is 2.32.